The van der Waals surface area contributed by atoms with Crippen LogP contribution in [0.3, 0.4) is 0 Å². The Balaban J connectivity index is 1.64. The van der Waals surface area contributed by atoms with Crippen LogP contribution in [-0.4, -0.2) is 58.1 Å². The van der Waals surface area contributed by atoms with Gasteiger partial charge in [0.2, 0.25) is 5.95 Å². The van der Waals surface area contributed by atoms with Crippen molar-refractivity contribution in [3.8, 4) is 0 Å². The van der Waals surface area contributed by atoms with E-state index in [1.807, 2.05) is 7.05 Å². The SMILES string of the molecule is CN1CCC(N(C)c2ncc3ncnc(Nc4ccc(F)c(Cl)c4)c3n2)CC1. The van der Waals surface area contributed by atoms with Gasteiger partial charge in [0.05, 0.1) is 11.2 Å². The number of fused-ring (bicyclic) bond motifs is 1. The quantitative estimate of drug-likeness (QED) is 0.717. The lowest BCUT2D eigenvalue weighted by atomic mass is 10.0. The fourth-order valence-electron chi connectivity index (χ4n) is 3.36. The van der Waals surface area contributed by atoms with E-state index in [-0.39, 0.29) is 5.02 Å². The summed E-state index contributed by atoms with van der Waals surface area (Å²) < 4.78 is 13.4. The van der Waals surface area contributed by atoms with Gasteiger partial charge in [-0.2, -0.15) is 0 Å². The maximum Gasteiger partial charge on any atom is 0.226 e. The lowest BCUT2D eigenvalue weighted by Crippen LogP contribution is -2.42. The number of piperidine rings is 1. The molecule has 1 aromatic carbocycles. The Morgan fingerprint density at radius 3 is 2.75 bits per heavy atom. The lowest BCUT2D eigenvalue weighted by Gasteiger charge is -2.35. The second kappa shape index (κ2) is 7.81. The molecule has 1 aliphatic heterocycles. The molecule has 1 aliphatic rings. The van der Waals surface area contributed by atoms with Crippen molar-refractivity contribution in [2.75, 3.05) is 37.4 Å². The normalized spacial score (nSPS) is 15.7. The molecule has 28 heavy (non-hydrogen) atoms. The number of anilines is 3. The Labute approximate surface area is 167 Å². The van der Waals surface area contributed by atoms with Crippen molar-refractivity contribution in [2.24, 2.45) is 0 Å². The average molecular weight is 402 g/mol. The highest BCUT2D eigenvalue weighted by molar-refractivity contribution is 6.31. The molecule has 0 bridgehead atoms. The van der Waals surface area contributed by atoms with E-state index in [0.717, 1.165) is 25.9 Å². The van der Waals surface area contributed by atoms with Gasteiger partial charge in [-0.25, -0.2) is 24.3 Å². The van der Waals surface area contributed by atoms with Crippen LogP contribution in [0.15, 0.2) is 30.7 Å². The Bertz CT molecular complexity index is 991. The maximum absolute atomic E-state index is 13.4. The van der Waals surface area contributed by atoms with Gasteiger partial charge in [0.15, 0.2) is 5.82 Å². The summed E-state index contributed by atoms with van der Waals surface area (Å²) in [5.41, 5.74) is 1.86. The molecule has 1 saturated heterocycles. The molecule has 1 N–H and O–H groups in total. The van der Waals surface area contributed by atoms with Crippen LogP contribution in [0.25, 0.3) is 11.0 Å². The second-order valence-corrected chi connectivity index (χ2v) is 7.43. The molecule has 1 fully saturated rings. The number of nitrogens with zero attached hydrogens (tertiary/aromatic N) is 6. The molecule has 9 heteroatoms. The van der Waals surface area contributed by atoms with Gasteiger partial charge in [-0.3, -0.25) is 0 Å². The highest BCUT2D eigenvalue weighted by Gasteiger charge is 2.23. The third-order valence-corrected chi connectivity index (χ3v) is 5.39. The molecule has 0 unspecified atom stereocenters. The predicted octanol–water partition coefficient (Wildman–Crippen LogP) is 3.49. The van der Waals surface area contributed by atoms with Crippen LogP contribution >= 0.6 is 11.6 Å². The fourth-order valence-corrected chi connectivity index (χ4v) is 3.54. The van der Waals surface area contributed by atoms with Crippen LogP contribution in [0.4, 0.5) is 21.8 Å². The van der Waals surface area contributed by atoms with Gasteiger partial charge >= 0.3 is 0 Å². The molecule has 146 valence electrons. The number of rotatable bonds is 4. The van der Waals surface area contributed by atoms with Crippen LogP contribution < -0.4 is 10.2 Å². The molecular weight excluding hydrogens is 381 g/mol. The Morgan fingerprint density at radius 1 is 1.21 bits per heavy atom. The third-order valence-electron chi connectivity index (χ3n) is 5.10. The molecule has 3 aromatic rings. The van der Waals surface area contributed by atoms with Crippen LogP contribution in [0, 0.1) is 5.82 Å². The number of likely N-dealkylation sites (tertiary alicyclic amines) is 1. The highest BCUT2D eigenvalue weighted by atomic mass is 35.5. The first-order valence-corrected chi connectivity index (χ1v) is 9.50. The predicted molar refractivity (Wildman–Crippen MR) is 109 cm³/mol. The first-order valence-electron chi connectivity index (χ1n) is 9.12. The van der Waals surface area contributed by atoms with Crippen LogP contribution in [-0.2, 0) is 0 Å². The molecule has 0 aliphatic carbocycles. The smallest absolute Gasteiger partial charge is 0.226 e. The summed E-state index contributed by atoms with van der Waals surface area (Å²) in [5, 5.41) is 3.19. The monoisotopic (exact) mass is 401 g/mol. The van der Waals surface area contributed by atoms with Crippen LogP contribution in [0.1, 0.15) is 12.8 Å². The van der Waals surface area contributed by atoms with Crippen molar-refractivity contribution < 1.29 is 4.39 Å². The van der Waals surface area contributed by atoms with Crippen LogP contribution in [0.5, 0.6) is 0 Å². The summed E-state index contributed by atoms with van der Waals surface area (Å²) in [7, 11) is 4.16. The number of benzene rings is 1. The summed E-state index contributed by atoms with van der Waals surface area (Å²) in [6.45, 7) is 2.12. The zero-order valence-corrected chi connectivity index (χ0v) is 16.5. The molecule has 0 saturated carbocycles. The molecule has 0 atom stereocenters. The Hall–Kier alpha value is -2.58. The minimum atomic E-state index is -0.468. The van der Waals surface area contributed by atoms with Crippen molar-refractivity contribution in [3.05, 3.63) is 41.6 Å². The van der Waals surface area contributed by atoms with E-state index in [4.69, 9.17) is 16.6 Å². The largest absolute Gasteiger partial charge is 0.341 e. The molecule has 0 spiro atoms. The van der Waals surface area contributed by atoms with Gasteiger partial charge in [-0.15, -0.1) is 0 Å². The van der Waals surface area contributed by atoms with Gasteiger partial charge in [-0.1, -0.05) is 11.6 Å². The van der Waals surface area contributed by atoms with Crippen molar-refractivity contribution in [2.45, 2.75) is 18.9 Å². The van der Waals surface area contributed by atoms with Crippen molar-refractivity contribution in [1.29, 1.82) is 0 Å². The first kappa shape index (κ1) is 18.8. The summed E-state index contributed by atoms with van der Waals surface area (Å²) in [6.07, 6.45) is 5.28. The topological polar surface area (TPSA) is 70.1 Å². The zero-order chi connectivity index (χ0) is 19.7. The first-order chi connectivity index (χ1) is 13.5. The summed E-state index contributed by atoms with van der Waals surface area (Å²) in [6, 6.07) is 4.81. The van der Waals surface area contributed by atoms with E-state index >= 15 is 0 Å². The van der Waals surface area contributed by atoms with E-state index in [1.54, 1.807) is 12.3 Å². The minimum absolute atomic E-state index is 0.0423. The molecule has 0 amide bonds. The average Bonchev–Trinajstić information content (AvgIpc) is 2.71. The molecule has 7 nitrogen and oxygen atoms in total. The standard InChI is InChI=1S/C19H21ClFN7/c1-27-7-5-13(6-8-27)28(2)19-22-10-16-17(26-19)18(24-11-23-16)25-12-3-4-15(21)14(20)9-12/h3-4,9-11,13H,5-8H2,1-2H3,(H,23,24,25). The third kappa shape index (κ3) is 3.83. The zero-order valence-electron chi connectivity index (χ0n) is 15.7. The summed E-state index contributed by atoms with van der Waals surface area (Å²) in [4.78, 5) is 22.2. The number of hydrogen-bond acceptors (Lipinski definition) is 7. The van der Waals surface area contributed by atoms with Gasteiger partial charge in [0.25, 0.3) is 0 Å². The van der Waals surface area contributed by atoms with Crippen LogP contribution in [0.2, 0.25) is 5.02 Å². The number of aromatic nitrogens is 4. The van der Waals surface area contributed by atoms with Crippen molar-refractivity contribution in [1.82, 2.24) is 24.8 Å². The second-order valence-electron chi connectivity index (χ2n) is 7.03. The van der Waals surface area contributed by atoms with E-state index in [9.17, 15) is 4.39 Å². The molecule has 0 radical (unpaired) electrons. The lowest BCUT2D eigenvalue weighted by molar-refractivity contribution is 0.252. The summed E-state index contributed by atoms with van der Waals surface area (Å²) >= 11 is 5.88. The van der Waals surface area contributed by atoms with E-state index < -0.39 is 5.82 Å². The van der Waals surface area contributed by atoms with Gasteiger partial charge < -0.3 is 15.1 Å². The molecule has 2 aromatic heterocycles. The van der Waals surface area contributed by atoms with Gasteiger partial charge in [-0.05, 0) is 51.2 Å². The van der Waals surface area contributed by atoms with E-state index in [0.29, 0.717) is 34.5 Å². The maximum atomic E-state index is 13.4. The fraction of sp³-hybridized carbons (Fsp3) is 0.368. The minimum Gasteiger partial charge on any atom is -0.341 e. The summed E-state index contributed by atoms with van der Waals surface area (Å²) in [5.74, 6) is 0.689. The van der Waals surface area contributed by atoms with E-state index in [1.165, 1.54) is 18.5 Å². The Morgan fingerprint density at radius 2 is 2.00 bits per heavy atom. The number of halogens is 2. The van der Waals surface area contributed by atoms with Crippen molar-refractivity contribution >= 4 is 40.1 Å². The highest BCUT2D eigenvalue weighted by Crippen LogP contribution is 2.26. The number of hydrogen-bond donors (Lipinski definition) is 1. The van der Waals surface area contributed by atoms with Gasteiger partial charge in [0.1, 0.15) is 23.2 Å². The number of nitrogens with one attached hydrogen (secondary N) is 1. The molecule has 4 rings (SSSR count). The van der Waals surface area contributed by atoms with Crippen molar-refractivity contribution in [3.63, 3.8) is 0 Å². The Kier molecular flexibility index (Phi) is 5.23. The molecular formula is C19H21ClFN7. The molecule has 3 heterocycles. The van der Waals surface area contributed by atoms with E-state index in [2.05, 4.69) is 37.1 Å². The van der Waals surface area contributed by atoms with Gasteiger partial charge in [0, 0.05) is 18.8 Å².